The van der Waals surface area contributed by atoms with Gasteiger partial charge in [-0.2, -0.15) is 0 Å². The molecule has 4 N–H and O–H groups in total. The zero-order chi connectivity index (χ0) is 22.5. The van der Waals surface area contributed by atoms with Gasteiger partial charge in [-0.3, -0.25) is 4.79 Å². The number of nitrogens with two attached hydrogens (primary N) is 1. The van der Waals surface area contributed by atoms with Crippen LogP contribution in [0.3, 0.4) is 0 Å². The third kappa shape index (κ3) is 6.09. The second kappa shape index (κ2) is 10.6. The van der Waals surface area contributed by atoms with Gasteiger partial charge >= 0.3 is 0 Å². The number of nitrogen functional groups attached to an aromatic ring is 1. The van der Waals surface area contributed by atoms with Gasteiger partial charge in [0, 0.05) is 40.9 Å². The molecule has 4 aromatic rings. The highest BCUT2D eigenvalue weighted by Gasteiger charge is 2.14. The fraction of sp³-hybridized carbons (Fsp3) is 0. The van der Waals surface area contributed by atoms with Crippen molar-refractivity contribution in [2.45, 2.75) is 0 Å². The molecule has 0 atom stereocenters. The van der Waals surface area contributed by atoms with Gasteiger partial charge in [0.15, 0.2) is 11.6 Å². The van der Waals surface area contributed by atoms with Crippen LogP contribution < -0.4 is 21.1 Å². The van der Waals surface area contributed by atoms with E-state index in [2.05, 4.69) is 20.6 Å². The lowest BCUT2D eigenvalue weighted by Gasteiger charge is -2.13. The molecule has 2 aromatic heterocycles. The van der Waals surface area contributed by atoms with Gasteiger partial charge < -0.3 is 21.1 Å². The first-order chi connectivity index (χ1) is 15.5. The molecule has 1 amide bonds. The highest BCUT2D eigenvalue weighted by Crippen LogP contribution is 2.29. The van der Waals surface area contributed by atoms with Crippen molar-refractivity contribution in [1.29, 1.82) is 0 Å². The van der Waals surface area contributed by atoms with Crippen LogP contribution in [-0.2, 0) is 0 Å². The van der Waals surface area contributed by atoms with E-state index in [9.17, 15) is 9.18 Å². The molecule has 0 saturated carbocycles. The largest absolute Gasteiger partial charge is 0.454 e. The Morgan fingerprint density at radius 2 is 1.73 bits per heavy atom. The molecule has 168 valence electrons. The number of pyridine rings is 2. The third-order valence-electron chi connectivity index (χ3n) is 4.33. The summed E-state index contributed by atoms with van der Waals surface area (Å²) in [5.74, 6) is -0.0623. The summed E-state index contributed by atoms with van der Waals surface area (Å²) in [6, 6.07) is 17.4. The van der Waals surface area contributed by atoms with Crippen molar-refractivity contribution in [1.82, 2.24) is 9.97 Å². The van der Waals surface area contributed by atoms with Crippen molar-refractivity contribution in [2.24, 2.45) is 0 Å². The molecule has 7 nitrogen and oxygen atoms in total. The number of carbonyl (C=O) groups excluding carboxylic acids is 1. The van der Waals surface area contributed by atoms with E-state index >= 15 is 0 Å². The lowest BCUT2D eigenvalue weighted by molar-refractivity contribution is 0.102. The molecule has 0 fully saturated rings. The monoisotopic (exact) mass is 485 g/mol. The summed E-state index contributed by atoms with van der Waals surface area (Å²) in [4.78, 5) is 20.8. The van der Waals surface area contributed by atoms with Gasteiger partial charge in [0.2, 0.25) is 0 Å². The molecule has 0 spiro atoms. The van der Waals surface area contributed by atoms with Gasteiger partial charge in [-0.05, 0) is 54.6 Å². The van der Waals surface area contributed by atoms with Gasteiger partial charge in [-0.15, -0.1) is 12.4 Å². The molecule has 0 bridgehead atoms. The predicted octanol–water partition coefficient (Wildman–Crippen LogP) is 6.06. The summed E-state index contributed by atoms with van der Waals surface area (Å²) < 4.78 is 20.1. The number of hydrogen-bond donors (Lipinski definition) is 3. The van der Waals surface area contributed by atoms with Crippen molar-refractivity contribution in [3.05, 3.63) is 95.5 Å². The van der Waals surface area contributed by atoms with E-state index in [1.54, 1.807) is 48.5 Å². The van der Waals surface area contributed by atoms with Crippen molar-refractivity contribution >= 4 is 52.9 Å². The normalized spacial score (nSPS) is 10.1. The number of hydrogen-bond acceptors (Lipinski definition) is 6. The van der Waals surface area contributed by atoms with Crippen molar-refractivity contribution in [3.63, 3.8) is 0 Å². The van der Waals surface area contributed by atoms with Crippen LogP contribution in [0, 0.1) is 5.82 Å². The summed E-state index contributed by atoms with van der Waals surface area (Å²) in [5.41, 5.74) is 6.88. The summed E-state index contributed by atoms with van der Waals surface area (Å²) in [7, 11) is 0. The van der Waals surface area contributed by atoms with Crippen LogP contribution in [0.2, 0.25) is 5.02 Å². The number of aromatic nitrogens is 2. The molecule has 4 rings (SSSR count). The average Bonchev–Trinajstić information content (AvgIpc) is 2.78. The zero-order valence-corrected chi connectivity index (χ0v) is 18.5. The van der Waals surface area contributed by atoms with E-state index in [1.165, 1.54) is 30.6 Å². The van der Waals surface area contributed by atoms with Crippen LogP contribution >= 0.6 is 24.0 Å². The fourth-order valence-corrected chi connectivity index (χ4v) is 2.96. The quantitative estimate of drug-likeness (QED) is 0.306. The van der Waals surface area contributed by atoms with Gasteiger partial charge in [0.25, 0.3) is 5.91 Å². The van der Waals surface area contributed by atoms with Crippen molar-refractivity contribution < 1.29 is 13.9 Å². The zero-order valence-electron chi connectivity index (χ0n) is 17.0. The molecule has 2 aromatic carbocycles. The van der Waals surface area contributed by atoms with Crippen molar-refractivity contribution in [3.8, 4) is 11.5 Å². The Balaban J connectivity index is 0.00000306. The summed E-state index contributed by atoms with van der Waals surface area (Å²) >= 11 is 5.88. The maximum atomic E-state index is 14.6. The number of carbonyl (C=O) groups is 1. The maximum Gasteiger partial charge on any atom is 0.259 e. The maximum absolute atomic E-state index is 14.6. The van der Waals surface area contributed by atoms with E-state index in [-0.39, 0.29) is 41.3 Å². The molecule has 0 aliphatic rings. The van der Waals surface area contributed by atoms with E-state index in [0.29, 0.717) is 22.1 Å². The second-order valence-corrected chi connectivity index (χ2v) is 7.09. The lowest BCUT2D eigenvalue weighted by atomic mass is 10.2. The Labute approximate surface area is 200 Å². The number of nitrogens with one attached hydrogen (secondary N) is 2. The lowest BCUT2D eigenvalue weighted by Crippen LogP contribution is -2.14. The molecule has 0 radical (unpaired) electrons. The molecule has 0 aliphatic heterocycles. The number of amides is 1. The van der Waals surface area contributed by atoms with Gasteiger partial charge in [0.1, 0.15) is 17.4 Å². The molecule has 0 unspecified atom stereocenters. The number of halogens is 3. The van der Waals surface area contributed by atoms with E-state index < -0.39 is 5.82 Å². The van der Waals surface area contributed by atoms with Crippen LogP contribution in [0.25, 0.3) is 0 Å². The van der Waals surface area contributed by atoms with Crippen LogP contribution in [0.15, 0.2) is 79.1 Å². The number of rotatable bonds is 6. The smallest absolute Gasteiger partial charge is 0.259 e. The Hall–Kier alpha value is -3.88. The van der Waals surface area contributed by atoms with E-state index in [4.69, 9.17) is 22.1 Å². The Morgan fingerprint density at radius 3 is 2.45 bits per heavy atom. The Morgan fingerprint density at radius 1 is 0.970 bits per heavy atom. The van der Waals surface area contributed by atoms with Crippen LogP contribution in [0.4, 0.5) is 27.4 Å². The number of anilines is 4. The van der Waals surface area contributed by atoms with E-state index in [1.807, 2.05) is 0 Å². The predicted molar refractivity (Wildman–Crippen MR) is 129 cm³/mol. The molecule has 0 saturated heterocycles. The van der Waals surface area contributed by atoms with Crippen LogP contribution in [-0.4, -0.2) is 15.9 Å². The van der Waals surface area contributed by atoms with Crippen LogP contribution in [0.1, 0.15) is 10.4 Å². The first-order valence-corrected chi connectivity index (χ1v) is 9.83. The molecular weight excluding hydrogens is 468 g/mol. The number of ether oxygens (including phenoxy) is 1. The molecule has 10 heteroatoms. The Bertz CT molecular complexity index is 1270. The first kappa shape index (κ1) is 23.8. The standard InChI is InChI=1S/C23H17ClFN5O2.ClH/c24-14-3-5-15(6-4-14)30-23(31)18-2-1-10-28-22(18)29-16-7-8-20(19(25)12-16)32-17-9-11-27-21(26)13-17;/h1-13H,(H2,26,27)(H,28,29)(H,30,31);1H. The van der Waals surface area contributed by atoms with Gasteiger partial charge in [-0.25, -0.2) is 14.4 Å². The summed E-state index contributed by atoms with van der Waals surface area (Å²) in [6.45, 7) is 0. The topological polar surface area (TPSA) is 102 Å². The highest BCUT2D eigenvalue weighted by molar-refractivity contribution is 6.30. The van der Waals surface area contributed by atoms with Crippen LogP contribution in [0.5, 0.6) is 11.5 Å². The minimum atomic E-state index is -0.603. The summed E-state index contributed by atoms with van der Waals surface area (Å²) in [5, 5.41) is 6.31. The minimum Gasteiger partial charge on any atom is -0.454 e. The van der Waals surface area contributed by atoms with Crippen molar-refractivity contribution in [2.75, 3.05) is 16.4 Å². The molecular formula is C23H18Cl2FN5O2. The average molecular weight is 486 g/mol. The first-order valence-electron chi connectivity index (χ1n) is 9.46. The Kier molecular flexibility index (Phi) is 7.66. The second-order valence-electron chi connectivity index (χ2n) is 6.65. The molecule has 0 aliphatic carbocycles. The van der Waals surface area contributed by atoms with Gasteiger partial charge in [0.05, 0.1) is 5.56 Å². The molecule has 2 heterocycles. The minimum absolute atomic E-state index is 0. The van der Waals surface area contributed by atoms with E-state index in [0.717, 1.165) is 0 Å². The highest BCUT2D eigenvalue weighted by atomic mass is 35.5. The third-order valence-corrected chi connectivity index (χ3v) is 4.58. The summed E-state index contributed by atoms with van der Waals surface area (Å²) in [6.07, 6.45) is 3.00. The number of benzene rings is 2. The number of nitrogens with zero attached hydrogens (tertiary/aromatic N) is 2. The SMILES string of the molecule is Cl.Nc1cc(Oc2ccc(Nc3ncccc3C(=O)Nc3ccc(Cl)cc3)cc2F)ccn1. The van der Waals surface area contributed by atoms with Gasteiger partial charge in [-0.1, -0.05) is 11.6 Å². The molecule has 33 heavy (non-hydrogen) atoms. The fourth-order valence-electron chi connectivity index (χ4n) is 2.84.